The van der Waals surface area contributed by atoms with Gasteiger partial charge in [0.05, 0.1) is 0 Å². The molecule has 3 N–H and O–H groups in total. The van der Waals surface area contributed by atoms with Gasteiger partial charge in [-0.05, 0) is 0 Å². The van der Waals surface area contributed by atoms with Gasteiger partial charge in [0.1, 0.15) is 5.96 Å². The quantitative estimate of drug-likeness (QED) is 0.383. The minimum absolute atomic E-state index is 0.447. The summed E-state index contributed by atoms with van der Waals surface area (Å²) in [6.45, 7) is 2.21. The van der Waals surface area contributed by atoms with E-state index >= 15 is 0 Å². The molecule has 0 aliphatic rings. The number of aliphatic imine (C=N–C) groups is 1. The fourth-order valence-corrected chi connectivity index (χ4v) is 0.0539. The maximum absolute atomic E-state index is 7.60. The first-order valence-corrected chi connectivity index (χ1v) is 6.30. The Hall–Kier alpha value is -0.215. The molecule has 0 unspecified atom stereocenters. The van der Waals surface area contributed by atoms with Crippen molar-refractivity contribution in [1.82, 2.24) is 0 Å². The minimum atomic E-state index is -0.447. The van der Waals surface area contributed by atoms with Crippen LogP contribution < -0.4 is 5.73 Å². The molecule has 0 aliphatic carbocycles. The molecule has 0 aromatic heterocycles. The van der Waals surface area contributed by atoms with Gasteiger partial charge in [-0.3, -0.25) is 5.41 Å². The zero-order valence-corrected chi connectivity index (χ0v) is 10.9. The number of guanidine groups is 1. The van der Waals surface area contributed by atoms with E-state index in [2.05, 4.69) is 17.6 Å². The van der Waals surface area contributed by atoms with Crippen LogP contribution in [-0.2, 0) is 26.1 Å². The largest absolute Gasteiger partial charge is 0.422 e. The van der Waals surface area contributed by atoms with E-state index in [1.807, 2.05) is 0 Å². The predicted octanol–water partition coefficient (Wildman–Crippen LogP) is 0.595. The van der Waals surface area contributed by atoms with Gasteiger partial charge < -0.3 is 16.1 Å². The number of nitrogens with one attached hydrogen (secondary N) is 1. The van der Waals surface area contributed by atoms with Gasteiger partial charge >= 0.3 is 37.0 Å². The molecule has 4 nitrogen and oxygen atoms in total. The van der Waals surface area contributed by atoms with Crippen molar-refractivity contribution in [2.24, 2.45) is 10.7 Å². The third-order valence-corrected chi connectivity index (χ3v) is 0.170. The van der Waals surface area contributed by atoms with Crippen LogP contribution in [-0.4, -0.2) is 12.0 Å². The predicted molar refractivity (Wildman–Crippen MR) is 33.2 cm³/mol. The molecule has 0 aliphatic heterocycles. The van der Waals surface area contributed by atoms with Gasteiger partial charge in [0, 0.05) is 0 Å². The van der Waals surface area contributed by atoms with Crippen LogP contribution in [0, 0.1) is 5.41 Å². The first-order chi connectivity index (χ1) is 4.18. The van der Waals surface area contributed by atoms with E-state index in [0.717, 1.165) is 26.1 Å². The summed E-state index contributed by atoms with van der Waals surface area (Å²) in [5, 5.41) is 13.9. The number of nitrogens with two attached hydrogens (primary N) is 1. The average molecular weight is 313 g/mol. The topological polar surface area (TPSA) is 84.5 Å². The molecule has 46 valence electrons. The Morgan fingerprint density at radius 2 is 2.33 bits per heavy atom. The molecular formula is C4H8HgN4. The smallest absolute Gasteiger partial charge is 0.111 e. The van der Waals surface area contributed by atoms with Crippen LogP contribution in [0.25, 0.3) is 5.41 Å². The molecule has 0 bridgehead atoms. The van der Waals surface area contributed by atoms with Crippen molar-refractivity contribution >= 4 is 12.0 Å². The summed E-state index contributed by atoms with van der Waals surface area (Å²) in [5.41, 5.74) is 4.60. The molecule has 0 radical (unpaired) electrons. The molecule has 0 atom stereocenters. The van der Waals surface area contributed by atoms with Crippen molar-refractivity contribution in [2.45, 2.75) is 10.9 Å². The summed E-state index contributed by atoms with van der Waals surface area (Å²) >= 11 is 1.07. The van der Waals surface area contributed by atoms with Gasteiger partial charge in [-0.15, -0.1) is 6.01 Å². The molecule has 9 heavy (non-hydrogen) atoms. The van der Waals surface area contributed by atoms with Crippen LogP contribution in [0.4, 0.5) is 0 Å². The number of rotatable bonds is 0. The Morgan fingerprint density at radius 3 is 2.33 bits per heavy atom. The van der Waals surface area contributed by atoms with Crippen molar-refractivity contribution in [3.05, 3.63) is 5.41 Å². The summed E-state index contributed by atoms with van der Waals surface area (Å²) in [7, 11) is 0. The third-order valence-electron chi connectivity index (χ3n) is 0.170. The van der Waals surface area contributed by atoms with Gasteiger partial charge in [0.2, 0.25) is 0 Å². The van der Waals surface area contributed by atoms with Crippen molar-refractivity contribution in [3.8, 4) is 0 Å². The summed E-state index contributed by atoms with van der Waals surface area (Å²) in [6, 6.07) is 1.34. The SMILES string of the molecule is C[CH2][Hg+].[N-]=C=NC(=N)N. The van der Waals surface area contributed by atoms with Crippen LogP contribution in [0.15, 0.2) is 4.99 Å². The Labute approximate surface area is 70.5 Å². The second-order valence-electron chi connectivity index (χ2n) is 1.10. The van der Waals surface area contributed by atoms with E-state index in [4.69, 9.17) is 10.8 Å². The van der Waals surface area contributed by atoms with E-state index < -0.39 is 5.96 Å². The molecule has 0 heterocycles. The van der Waals surface area contributed by atoms with E-state index in [9.17, 15) is 0 Å². The fraction of sp³-hybridized carbons (Fsp3) is 0.500. The Kier molecular flexibility index (Phi) is 13.8. The second kappa shape index (κ2) is 10.7. The Morgan fingerprint density at radius 1 is 2.00 bits per heavy atom. The average Bonchev–Trinajstić information content (AvgIpc) is 1.67. The van der Waals surface area contributed by atoms with Crippen molar-refractivity contribution in [2.75, 3.05) is 0 Å². The fourth-order valence-electron chi connectivity index (χ4n) is 0.0539. The number of hydrogen-bond donors (Lipinski definition) is 2. The first kappa shape index (κ1) is 11.6. The molecule has 0 spiro atoms. The molecule has 0 aromatic carbocycles. The van der Waals surface area contributed by atoms with E-state index in [0.29, 0.717) is 0 Å². The summed E-state index contributed by atoms with van der Waals surface area (Å²) in [6.07, 6.45) is 0. The molecule has 0 fully saturated rings. The van der Waals surface area contributed by atoms with Gasteiger partial charge in [0.25, 0.3) is 0 Å². The molecule has 0 saturated carbocycles. The summed E-state index contributed by atoms with van der Waals surface area (Å²) in [5.74, 6) is -0.447. The molecule has 0 rings (SSSR count). The molecular weight excluding hydrogens is 305 g/mol. The van der Waals surface area contributed by atoms with Crippen LogP contribution in [0.3, 0.4) is 0 Å². The van der Waals surface area contributed by atoms with Crippen molar-refractivity contribution in [1.29, 1.82) is 5.41 Å². The standard InChI is InChI=1S/C2H3N4.C2H5.Hg/c3-1-6-2(4)5;1-2;/h(H3,4,5);1H2,2H3;/q-1;;+1. The van der Waals surface area contributed by atoms with E-state index in [1.54, 1.807) is 0 Å². The minimum Gasteiger partial charge on any atom is -0.422 e. The summed E-state index contributed by atoms with van der Waals surface area (Å²) < 4.78 is 1.44. The third kappa shape index (κ3) is 33.6. The Balaban J connectivity index is 0. The number of hydrogen-bond acceptors (Lipinski definition) is 1. The van der Waals surface area contributed by atoms with Crippen molar-refractivity contribution in [3.63, 3.8) is 0 Å². The first-order valence-electron chi connectivity index (χ1n) is 2.42. The number of nitrogens with zero attached hydrogens (tertiary/aromatic N) is 2. The van der Waals surface area contributed by atoms with Crippen molar-refractivity contribution < 1.29 is 26.1 Å². The maximum Gasteiger partial charge on any atom is 0.111 e. The molecule has 0 saturated heterocycles. The van der Waals surface area contributed by atoms with Crippen LogP contribution in [0.2, 0.25) is 3.93 Å². The zero-order valence-electron chi connectivity index (χ0n) is 5.39. The zero-order chi connectivity index (χ0) is 7.70. The molecule has 0 amide bonds. The second-order valence-corrected chi connectivity index (χ2v) is 4.98. The van der Waals surface area contributed by atoms with Gasteiger partial charge in [0.15, 0.2) is 0 Å². The molecule has 0 aromatic rings. The van der Waals surface area contributed by atoms with E-state index in [1.165, 1.54) is 9.94 Å². The van der Waals surface area contributed by atoms with Gasteiger partial charge in [-0.2, -0.15) is 0 Å². The van der Waals surface area contributed by atoms with Crippen LogP contribution in [0.5, 0.6) is 0 Å². The van der Waals surface area contributed by atoms with Crippen LogP contribution in [0.1, 0.15) is 6.92 Å². The normalized spacial score (nSPS) is 6.11. The Bertz CT molecular complexity index is 116. The van der Waals surface area contributed by atoms with Gasteiger partial charge in [-0.25, -0.2) is 0 Å². The van der Waals surface area contributed by atoms with Gasteiger partial charge in [-0.1, -0.05) is 0 Å². The molecule has 5 heteroatoms. The maximum atomic E-state index is 7.60. The van der Waals surface area contributed by atoms with Crippen LogP contribution >= 0.6 is 0 Å². The summed E-state index contributed by atoms with van der Waals surface area (Å²) in [4.78, 5) is 2.79. The monoisotopic (exact) mass is 314 g/mol. The van der Waals surface area contributed by atoms with E-state index in [-0.39, 0.29) is 0 Å².